The molecule has 4 heteroatoms. The fourth-order valence-electron chi connectivity index (χ4n) is 3.46. The molecular formula is C17H21NO2S. The van der Waals surface area contributed by atoms with Crippen LogP contribution in [0.2, 0.25) is 0 Å². The van der Waals surface area contributed by atoms with Crippen molar-refractivity contribution in [3.8, 4) is 0 Å². The normalized spacial score (nSPS) is 23.0. The van der Waals surface area contributed by atoms with Crippen LogP contribution in [-0.4, -0.2) is 28.1 Å². The van der Waals surface area contributed by atoms with E-state index in [-0.39, 0.29) is 0 Å². The molecule has 2 heterocycles. The minimum absolute atomic E-state index is 0.505. The van der Waals surface area contributed by atoms with E-state index in [1.165, 1.54) is 24.2 Å². The lowest BCUT2D eigenvalue weighted by molar-refractivity contribution is 0.0699. The first-order valence-corrected chi connectivity index (χ1v) is 8.43. The minimum atomic E-state index is -0.800. The summed E-state index contributed by atoms with van der Waals surface area (Å²) in [7, 11) is 0. The zero-order valence-electron chi connectivity index (χ0n) is 12.5. The van der Waals surface area contributed by atoms with Crippen molar-refractivity contribution >= 4 is 27.4 Å². The predicted molar refractivity (Wildman–Crippen MR) is 87.1 cm³/mol. The van der Waals surface area contributed by atoms with Crippen LogP contribution >= 0.6 is 11.3 Å². The molecule has 0 radical (unpaired) electrons. The van der Waals surface area contributed by atoms with Crippen molar-refractivity contribution in [2.24, 2.45) is 0 Å². The molecule has 0 bridgehead atoms. The molecule has 0 saturated carbocycles. The Morgan fingerprint density at radius 2 is 2.14 bits per heavy atom. The first-order valence-electron chi connectivity index (χ1n) is 7.61. The molecule has 2 unspecified atom stereocenters. The van der Waals surface area contributed by atoms with Gasteiger partial charge in [0.15, 0.2) is 0 Å². The van der Waals surface area contributed by atoms with Gasteiger partial charge in [0.25, 0.3) is 0 Å². The number of benzene rings is 1. The van der Waals surface area contributed by atoms with Gasteiger partial charge >= 0.3 is 5.97 Å². The largest absolute Gasteiger partial charge is 0.477 e. The van der Waals surface area contributed by atoms with Crippen LogP contribution in [0.1, 0.15) is 48.3 Å². The first kappa shape index (κ1) is 14.5. The molecule has 0 spiro atoms. The van der Waals surface area contributed by atoms with Gasteiger partial charge in [0.2, 0.25) is 0 Å². The minimum Gasteiger partial charge on any atom is -0.477 e. The Bertz CT molecular complexity index is 664. The van der Waals surface area contributed by atoms with E-state index in [4.69, 9.17) is 0 Å². The smallest absolute Gasteiger partial charge is 0.346 e. The van der Waals surface area contributed by atoms with Crippen molar-refractivity contribution in [2.45, 2.75) is 51.7 Å². The van der Waals surface area contributed by atoms with Gasteiger partial charge in [0, 0.05) is 23.3 Å². The molecule has 3 rings (SSSR count). The van der Waals surface area contributed by atoms with Crippen LogP contribution in [0.4, 0.5) is 0 Å². The standard InChI is InChI=1S/C17H21NO2S/c1-3-12-9-8-11(2)18(12)10-14-13-6-4-5-7-15(13)21-16(14)17(19)20/h4-7,11-12H,3,8-10H2,1-2H3,(H,19,20). The molecule has 3 nitrogen and oxygen atoms in total. The number of carboxylic acid groups (broad SMARTS) is 1. The second-order valence-electron chi connectivity index (χ2n) is 5.87. The van der Waals surface area contributed by atoms with Crippen LogP contribution in [-0.2, 0) is 6.54 Å². The average Bonchev–Trinajstić information content (AvgIpc) is 3.02. The van der Waals surface area contributed by atoms with Gasteiger partial charge in [0.05, 0.1) is 0 Å². The van der Waals surface area contributed by atoms with Crippen molar-refractivity contribution in [3.05, 3.63) is 34.7 Å². The Labute approximate surface area is 129 Å². The number of carbonyl (C=O) groups is 1. The number of hydrogen-bond donors (Lipinski definition) is 1. The van der Waals surface area contributed by atoms with E-state index >= 15 is 0 Å². The third kappa shape index (κ3) is 2.58. The molecule has 1 aliphatic rings. The van der Waals surface area contributed by atoms with E-state index in [0.717, 1.165) is 28.6 Å². The Morgan fingerprint density at radius 3 is 2.86 bits per heavy atom. The summed E-state index contributed by atoms with van der Waals surface area (Å²) in [6, 6.07) is 9.16. The Kier molecular flexibility index (Phi) is 4.00. The van der Waals surface area contributed by atoms with Crippen LogP contribution in [0.3, 0.4) is 0 Å². The Morgan fingerprint density at radius 1 is 1.38 bits per heavy atom. The van der Waals surface area contributed by atoms with Gasteiger partial charge < -0.3 is 5.11 Å². The lowest BCUT2D eigenvalue weighted by Crippen LogP contribution is -2.33. The SMILES string of the molecule is CCC1CCC(C)N1Cc1c(C(=O)O)sc2ccccc12. The summed E-state index contributed by atoms with van der Waals surface area (Å²) < 4.78 is 1.07. The topological polar surface area (TPSA) is 40.5 Å². The van der Waals surface area contributed by atoms with E-state index in [1.807, 2.05) is 18.2 Å². The van der Waals surface area contributed by atoms with Crippen LogP contribution < -0.4 is 0 Å². The summed E-state index contributed by atoms with van der Waals surface area (Å²) in [5.41, 5.74) is 0.996. The fraction of sp³-hybridized carbons (Fsp3) is 0.471. The highest BCUT2D eigenvalue weighted by Gasteiger charge is 2.31. The van der Waals surface area contributed by atoms with Gasteiger partial charge in [0.1, 0.15) is 4.88 Å². The summed E-state index contributed by atoms with van der Waals surface area (Å²) in [4.78, 5) is 14.6. The maximum Gasteiger partial charge on any atom is 0.346 e. The molecular weight excluding hydrogens is 282 g/mol. The number of likely N-dealkylation sites (tertiary alicyclic amines) is 1. The van der Waals surface area contributed by atoms with E-state index in [9.17, 15) is 9.90 Å². The lowest BCUT2D eigenvalue weighted by atomic mass is 10.1. The van der Waals surface area contributed by atoms with E-state index in [1.54, 1.807) is 0 Å². The van der Waals surface area contributed by atoms with Gasteiger partial charge in [-0.2, -0.15) is 0 Å². The Balaban J connectivity index is 2.02. The van der Waals surface area contributed by atoms with E-state index in [2.05, 4.69) is 24.8 Å². The molecule has 1 aliphatic heterocycles. The van der Waals surface area contributed by atoms with Crippen molar-refractivity contribution in [1.82, 2.24) is 4.90 Å². The molecule has 1 fully saturated rings. The molecule has 0 aliphatic carbocycles. The number of aromatic carboxylic acids is 1. The number of hydrogen-bond acceptors (Lipinski definition) is 3. The number of thiophene rings is 1. The van der Waals surface area contributed by atoms with Gasteiger partial charge in [-0.05, 0) is 43.2 Å². The molecule has 1 saturated heterocycles. The monoisotopic (exact) mass is 303 g/mol. The molecule has 1 aromatic heterocycles. The van der Waals surface area contributed by atoms with Gasteiger partial charge in [-0.3, -0.25) is 4.90 Å². The van der Waals surface area contributed by atoms with Crippen molar-refractivity contribution < 1.29 is 9.90 Å². The summed E-state index contributed by atoms with van der Waals surface area (Å²) in [5, 5.41) is 10.6. The second kappa shape index (κ2) is 5.78. The number of fused-ring (bicyclic) bond motifs is 1. The van der Waals surface area contributed by atoms with Crippen molar-refractivity contribution in [3.63, 3.8) is 0 Å². The van der Waals surface area contributed by atoms with E-state index < -0.39 is 5.97 Å². The van der Waals surface area contributed by atoms with Crippen LogP contribution in [0.25, 0.3) is 10.1 Å². The average molecular weight is 303 g/mol. The second-order valence-corrected chi connectivity index (χ2v) is 6.92. The molecule has 21 heavy (non-hydrogen) atoms. The maximum absolute atomic E-state index is 11.6. The zero-order valence-corrected chi connectivity index (χ0v) is 13.3. The lowest BCUT2D eigenvalue weighted by Gasteiger charge is -2.27. The highest BCUT2D eigenvalue weighted by molar-refractivity contribution is 7.21. The van der Waals surface area contributed by atoms with Crippen LogP contribution in [0.5, 0.6) is 0 Å². The number of carboxylic acids is 1. The Hall–Kier alpha value is -1.39. The number of nitrogens with zero attached hydrogens (tertiary/aromatic N) is 1. The molecule has 1 aromatic carbocycles. The first-order chi connectivity index (χ1) is 10.1. The summed E-state index contributed by atoms with van der Waals surface area (Å²) >= 11 is 1.40. The van der Waals surface area contributed by atoms with Crippen molar-refractivity contribution in [1.29, 1.82) is 0 Å². The maximum atomic E-state index is 11.6. The molecule has 0 amide bonds. The van der Waals surface area contributed by atoms with Gasteiger partial charge in [-0.25, -0.2) is 4.79 Å². The van der Waals surface area contributed by atoms with Crippen LogP contribution in [0, 0.1) is 0 Å². The third-order valence-corrected chi connectivity index (χ3v) is 5.86. The quantitative estimate of drug-likeness (QED) is 0.912. The predicted octanol–water partition coefficient (Wildman–Crippen LogP) is 4.36. The summed E-state index contributed by atoms with van der Waals surface area (Å²) in [6.07, 6.45) is 3.57. The summed E-state index contributed by atoms with van der Waals surface area (Å²) in [5.74, 6) is -0.800. The molecule has 2 atom stereocenters. The van der Waals surface area contributed by atoms with E-state index in [0.29, 0.717) is 17.0 Å². The van der Waals surface area contributed by atoms with Crippen molar-refractivity contribution in [2.75, 3.05) is 0 Å². The highest BCUT2D eigenvalue weighted by atomic mass is 32.1. The number of rotatable bonds is 4. The zero-order chi connectivity index (χ0) is 15.0. The molecule has 2 aromatic rings. The van der Waals surface area contributed by atoms with Crippen LogP contribution in [0.15, 0.2) is 24.3 Å². The summed E-state index contributed by atoms with van der Waals surface area (Å²) in [6.45, 7) is 5.23. The van der Waals surface area contributed by atoms with Gasteiger partial charge in [-0.15, -0.1) is 11.3 Å². The fourth-order valence-corrected chi connectivity index (χ4v) is 4.51. The highest BCUT2D eigenvalue weighted by Crippen LogP contribution is 2.35. The molecule has 112 valence electrons. The molecule has 1 N–H and O–H groups in total. The third-order valence-electron chi connectivity index (χ3n) is 4.66. The van der Waals surface area contributed by atoms with Gasteiger partial charge in [-0.1, -0.05) is 25.1 Å².